The van der Waals surface area contributed by atoms with Gasteiger partial charge in [0.25, 0.3) is 11.6 Å². The Kier molecular flexibility index (Phi) is 5.45. The topological polar surface area (TPSA) is 101 Å². The highest BCUT2D eigenvalue weighted by Gasteiger charge is 2.18. The molecule has 0 aliphatic heterocycles. The van der Waals surface area contributed by atoms with Gasteiger partial charge in [0.15, 0.2) is 5.78 Å². The first kappa shape index (κ1) is 18.8. The van der Waals surface area contributed by atoms with Crippen LogP contribution < -0.4 is 10.6 Å². The highest BCUT2D eigenvalue weighted by Crippen LogP contribution is 2.29. The molecule has 0 saturated carbocycles. The quantitative estimate of drug-likeness (QED) is 0.366. The van der Waals surface area contributed by atoms with Gasteiger partial charge in [0.2, 0.25) is 0 Å². The van der Waals surface area contributed by atoms with E-state index in [-0.39, 0.29) is 22.7 Å². The molecule has 0 saturated heterocycles. The monoisotopic (exact) mass is 375 g/mol. The fourth-order valence-corrected chi connectivity index (χ4v) is 2.63. The molecule has 1 amide bonds. The molecule has 28 heavy (non-hydrogen) atoms. The van der Waals surface area contributed by atoms with Crippen LogP contribution in [-0.4, -0.2) is 16.6 Å². The molecule has 0 spiro atoms. The lowest BCUT2D eigenvalue weighted by Crippen LogP contribution is -2.13. The standard InChI is InChI=1S/C21H17N3O4/c1-14(25)15-6-5-9-18(12-15)23-21(26)16-10-11-19(20(13-16)24(27)28)22-17-7-3-2-4-8-17/h2-13,22H,1H3,(H,23,26). The van der Waals surface area contributed by atoms with Gasteiger partial charge < -0.3 is 10.6 Å². The van der Waals surface area contributed by atoms with Gasteiger partial charge in [0.1, 0.15) is 5.69 Å². The van der Waals surface area contributed by atoms with Crippen LogP contribution >= 0.6 is 0 Å². The van der Waals surface area contributed by atoms with E-state index in [1.807, 2.05) is 18.2 Å². The number of nitro benzene ring substituents is 1. The second-order valence-electron chi connectivity index (χ2n) is 6.07. The summed E-state index contributed by atoms with van der Waals surface area (Å²) in [4.78, 5) is 34.9. The number of amides is 1. The van der Waals surface area contributed by atoms with Gasteiger partial charge in [0, 0.05) is 28.6 Å². The number of nitrogens with one attached hydrogen (secondary N) is 2. The molecule has 140 valence electrons. The van der Waals surface area contributed by atoms with E-state index in [0.29, 0.717) is 16.9 Å². The molecule has 0 aromatic heterocycles. The van der Waals surface area contributed by atoms with Crippen LogP contribution in [0.25, 0.3) is 0 Å². The molecule has 3 aromatic rings. The summed E-state index contributed by atoms with van der Waals surface area (Å²) in [6.45, 7) is 1.43. The summed E-state index contributed by atoms with van der Waals surface area (Å²) in [5.74, 6) is -0.627. The van der Waals surface area contributed by atoms with Crippen LogP contribution in [0.3, 0.4) is 0 Å². The van der Waals surface area contributed by atoms with E-state index in [9.17, 15) is 19.7 Å². The van der Waals surface area contributed by atoms with E-state index in [4.69, 9.17) is 0 Å². The zero-order valence-corrected chi connectivity index (χ0v) is 15.0. The number of carbonyl (C=O) groups excluding carboxylic acids is 2. The molecule has 3 rings (SSSR count). The molecule has 0 radical (unpaired) electrons. The summed E-state index contributed by atoms with van der Waals surface area (Å²) in [6, 6.07) is 19.7. The van der Waals surface area contributed by atoms with Gasteiger partial charge in [-0.25, -0.2) is 0 Å². The minimum Gasteiger partial charge on any atom is -0.350 e. The zero-order chi connectivity index (χ0) is 20.1. The minimum atomic E-state index is -0.543. The zero-order valence-electron chi connectivity index (χ0n) is 15.0. The lowest BCUT2D eigenvalue weighted by atomic mass is 10.1. The average Bonchev–Trinajstić information content (AvgIpc) is 2.69. The predicted molar refractivity (Wildman–Crippen MR) is 107 cm³/mol. The lowest BCUT2D eigenvalue weighted by Gasteiger charge is -2.10. The maximum absolute atomic E-state index is 12.5. The van der Waals surface area contributed by atoms with Crippen molar-refractivity contribution < 1.29 is 14.5 Å². The molecule has 0 bridgehead atoms. The number of para-hydroxylation sites is 1. The number of hydrogen-bond donors (Lipinski definition) is 2. The number of hydrogen-bond acceptors (Lipinski definition) is 5. The van der Waals surface area contributed by atoms with Crippen molar-refractivity contribution in [3.8, 4) is 0 Å². The summed E-state index contributed by atoms with van der Waals surface area (Å²) < 4.78 is 0. The number of ketones is 1. The van der Waals surface area contributed by atoms with Crippen molar-refractivity contribution in [2.75, 3.05) is 10.6 Å². The highest BCUT2D eigenvalue weighted by atomic mass is 16.6. The van der Waals surface area contributed by atoms with Crippen molar-refractivity contribution in [1.82, 2.24) is 0 Å². The second-order valence-corrected chi connectivity index (χ2v) is 6.07. The third kappa shape index (κ3) is 4.39. The molecule has 0 aliphatic rings. The van der Waals surface area contributed by atoms with Crippen molar-refractivity contribution in [1.29, 1.82) is 0 Å². The summed E-state index contributed by atoms with van der Waals surface area (Å²) in [7, 11) is 0. The number of rotatable bonds is 6. The SMILES string of the molecule is CC(=O)c1cccc(NC(=O)c2ccc(Nc3ccccc3)c([N+](=O)[O-])c2)c1. The number of carbonyl (C=O) groups is 2. The van der Waals surface area contributed by atoms with Gasteiger partial charge in [-0.3, -0.25) is 19.7 Å². The van der Waals surface area contributed by atoms with Gasteiger partial charge in [-0.1, -0.05) is 30.3 Å². The van der Waals surface area contributed by atoms with Gasteiger partial charge in [0.05, 0.1) is 4.92 Å². The number of nitrogens with zero attached hydrogens (tertiary/aromatic N) is 1. The average molecular weight is 375 g/mol. The van der Waals surface area contributed by atoms with E-state index in [1.54, 1.807) is 36.4 Å². The Hall–Kier alpha value is -4.00. The number of anilines is 3. The van der Waals surface area contributed by atoms with E-state index < -0.39 is 10.8 Å². The van der Waals surface area contributed by atoms with Crippen molar-refractivity contribution in [3.63, 3.8) is 0 Å². The Balaban J connectivity index is 1.85. The van der Waals surface area contributed by atoms with Gasteiger partial charge in [-0.15, -0.1) is 0 Å². The number of nitro groups is 1. The van der Waals surface area contributed by atoms with Crippen LogP contribution in [0.1, 0.15) is 27.6 Å². The number of Topliss-reactive ketones (excluding diaryl/α,β-unsaturated/α-hetero) is 1. The van der Waals surface area contributed by atoms with Crippen LogP contribution in [0.5, 0.6) is 0 Å². The molecule has 2 N–H and O–H groups in total. The molecular formula is C21H17N3O4. The van der Waals surface area contributed by atoms with Gasteiger partial charge in [-0.2, -0.15) is 0 Å². The molecule has 0 heterocycles. The van der Waals surface area contributed by atoms with E-state index in [0.717, 1.165) is 0 Å². The van der Waals surface area contributed by atoms with E-state index in [2.05, 4.69) is 10.6 Å². The Bertz CT molecular complexity index is 1050. The van der Waals surface area contributed by atoms with Crippen LogP contribution in [0.2, 0.25) is 0 Å². The molecule has 7 heteroatoms. The van der Waals surface area contributed by atoms with Crippen molar-refractivity contribution >= 4 is 34.4 Å². The third-order valence-corrected chi connectivity index (χ3v) is 4.04. The van der Waals surface area contributed by atoms with Crippen LogP contribution in [0, 0.1) is 10.1 Å². The van der Waals surface area contributed by atoms with E-state index >= 15 is 0 Å². The van der Waals surface area contributed by atoms with Crippen molar-refractivity contribution in [3.05, 3.63) is 94.0 Å². The maximum Gasteiger partial charge on any atom is 0.293 e. The third-order valence-electron chi connectivity index (χ3n) is 4.04. The van der Waals surface area contributed by atoms with Gasteiger partial charge in [-0.05, 0) is 43.3 Å². The van der Waals surface area contributed by atoms with E-state index in [1.165, 1.54) is 25.1 Å². The predicted octanol–water partition coefficient (Wildman–Crippen LogP) is 4.79. The minimum absolute atomic E-state index is 0.122. The maximum atomic E-state index is 12.5. The fourth-order valence-electron chi connectivity index (χ4n) is 2.63. The molecule has 0 atom stereocenters. The molecule has 0 unspecified atom stereocenters. The lowest BCUT2D eigenvalue weighted by molar-refractivity contribution is -0.383. The summed E-state index contributed by atoms with van der Waals surface area (Å²) >= 11 is 0. The first-order valence-electron chi connectivity index (χ1n) is 8.47. The van der Waals surface area contributed by atoms with Crippen LogP contribution in [0.4, 0.5) is 22.7 Å². The number of benzene rings is 3. The Morgan fingerprint density at radius 1 is 0.857 bits per heavy atom. The molecular weight excluding hydrogens is 358 g/mol. The molecule has 7 nitrogen and oxygen atoms in total. The smallest absolute Gasteiger partial charge is 0.293 e. The summed E-state index contributed by atoms with van der Waals surface area (Å²) in [5, 5.41) is 17.1. The first-order valence-corrected chi connectivity index (χ1v) is 8.47. The molecule has 0 aliphatic carbocycles. The Morgan fingerprint density at radius 2 is 1.57 bits per heavy atom. The second kappa shape index (κ2) is 8.13. The van der Waals surface area contributed by atoms with Crippen LogP contribution in [-0.2, 0) is 0 Å². The first-order chi connectivity index (χ1) is 13.4. The normalized spacial score (nSPS) is 10.2. The molecule has 0 fully saturated rings. The summed E-state index contributed by atoms with van der Waals surface area (Å²) in [6.07, 6.45) is 0. The largest absolute Gasteiger partial charge is 0.350 e. The van der Waals surface area contributed by atoms with Gasteiger partial charge >= 0.3 is 0 Å². The Morgan fingerprint density at radius 3 is 2.25 bits per heavy atom. The molecule has 3 aromatic carbocycles. The van der Waals surface area contributed by atoms with Crippen molar-refractivity contribution in [2.45, 2.75) is 6.92 Å². The van der Waals surface area contributed by atoms with Crippen LogP contribution in [0.15, 0.2) is 72.8 Å². The Labute approximate surface area is 161 Å². The highest BCUT2D eigenvalue weighted by molar-refractivity contribution is 6.06. The fraction of sp³-hybridized carbons (Fsp3) is 0.0476. The summed E-state index contributed by atoms with van der Waals surface area (Å²) in [5.41, 5.74) is 1.81. The van der Waals surface area contributed by atoms with Crippen molar-refractivity contribution in [2.24, 2.45) is 0 Å².